The Morgan fingerprint density at radius 2 is 2.26 bits per heavy atom. The minimum absolute atomic E-state index is 0.197. The van der Waals surface area contributed by atoms with Crippen molar-refractivity contribution in [2.24, 2.45) is 0 Å². The van der Waals surface area contributed by atoms with Crippen LogP contribution in [-0.2, 0) is 10.5 Å². The predicted molar refractivity (Wildman–Crippen MR) is 88.8 cm³/mol. The van der Waals surface area contributed by atoms with Crippen molar-refractivity contribution in [1.29, 1.82) is 0 Å². The fraction of sp³-hybridized carbons (Fsp3) is 0.733. The molecule has 1 aliphatic rings. The summed E-state index contributed by atoms with van der Waals surface area (Å²) in [5, 5.41) is 19.5. The van der Waals surface area contributed by atoms with Crippen molar-refractivity contribution in [2.45, 2.75) is 51.0 Å². The van der Waals surface area contributed by atoms with Gasteiger partial charge in [0, 0.05) is 23.9 Å². The third kappa shape index (κ3) is 3.88. The number of hydrogen-bond acceptors (Lipinski definition) is 6. The number of ether oxygens (including phenoxy) is 1. The van der Waals surface area contributed by atoms with Crippen molar-refractivity contribution in [3.63, 3.8) is 0 Å². The van der Waals surface area contributed by atoms with E-state index < -0.39 is 29.2 Å². The summed E-state index contributed by atoms with van der Waals surface area (Å²) >= 11 is 1.63. The van der Waals surface area contributed by atoms with Crippen LogP contribution in [0.1, 0.15) is 31.7 Å². The van der Waals surface area contributed by atoms with Crippen LogP contribution in [0.25, 0.3) is 0 Å². The first-order valence-corrected chi connectivity index (χ1v) is 8.96. The van der Waals surface area contributed by atoms with Gasteiger partial charge in [0.2, 0.25) is 0 Å². The van der Waals surface area contributed by atoms with Crippen molar-refractivity contribution in [3.8, 4) is 0 Å². The lowest BCUT2D eigenvalue weighted by atomic mass is 10.1. The number of aliphatic hydroxyl groups is 2. The van der Waals surface area contributed by atoms with Crippen LogP contribution in [0.15, 0.2) is 15.8 Å². The molecule has 1 aromatic rings. The summed E-state index contributed by atoms with van der Waals surface area (Å²) in [7, 11) is 0. The maximum Gasteiger partial charge on any atom is 0.330 e. The number of nitrogens with one attached hydrogen (secondary N) is 1. The highest BCUT2D eigenvalue weighted by Crippen LogP contribution is 2.37. The Morgan fingerprint density at radius 3 is 2.87 bits per heavy atom. The summed E-state index contributed by atoms with van der Waals surface area (Å²) in [5.41, 5.74) is -1.66. The molecule has 3 N–H and O–H groups in total. The monoisotopic (exact) mass is 344 g/mol. The second-order valence-corrected chi connectivity index (χ2v) is 7.01. The zero-order valence-electron chi connectivity index (χ0n) is 13.4. The van der Waals surface area contributed by atoms with E-state index in [1.807, 2.05) is 0 Å². The average Bonchev–Trinajstić information content (AvgIpc) is 2.84. The van der Waals surface area contributed by atoms with Gasteiger partial charge in [0.05, 0.1) is 12.7 Å². The molecule has 1 aromatic heterocycles. The van der Waals surface area contributed by atoms with Gasteiger partial charge in [0.25, 0.3) is 5.56 Å². The molecule has 0 aliphatic carbocycles. The Kier molecular flexibility index (Phi) is 6.07. The molecule has 0 bridgehead atoms. The van der Waals surface area contributed by atoms with Crippen molar-refractivity contribution < 1.29 is 14.9 Å². The molecule has 0 aromatic carbocycles. The van der Waals surface area contributed by atoms with E-state index in [2.05, 4.69) is 11.9 Å². The summed E-state index contributed by atoms with van der Waals surface area (Å²) in [6.07, 6.45) is 2.19. The fourth-order valence-electron chi connectivity index (χ4n) is 2.69. The van der Waals surface area contributed by atoms with Gasteiger partial charge in [-0.15, -0.1) is 0 Å². The van der Waals surface area contributed by atoms with E-state index in [0.717, 1.165) is 18.6 Å². The molecule has 0 spiro atoms. The van der Waals surface area contributed by atoms with Crippen LogP contribution in [0.4, 0.5) is 0 Å². The lowest BCUT2D eigenvalue weighted by Gasteiger charge is -2.31. The number of hydrogen-bond donors (Lipinski definition) is 3. The molecule has 23 heavy (non-hydrogen) atoms. The zero-order chi connectivity index (χ0) is 17.0. The van der Waals surface area contributed by atoms with E-state index in [0.29, 0.717) is 11.3 Å². The Labute approximate surface area is 138 Å². The molecule has 7 nitrogen and oxygen atoms in total. The van der Waals surface area contributed by atoms with Crippen LogP contribution in [0.2, 0.25) is 0 Å². The van der Waals surface area contributed by atoms with E-state index in [9.17, 15) is 19.8 Å². The smallest absolute Gasteiger partial charge is 0.330 e. The Hall–Kier alpha value is -1.09. The van der Waals surface area contributed by atoms with Gasteiger partial charge in [0.1, 0.15) is 6.10 Å². The first-order chi connectivity index (χ1) is 10.9. The van der Waals surface area contributed by atoms with E-state index in [-0.39, 0.29) is 13.0 Å². The molecular weight excluding hydrogens is 320 g/mol. The van der Waals surface area contributed by atoms with Crippen LogP contribution in [0.5, 0.6) is 0 Å². The lowest BCUT2D eigenvalue weighted by molar-refractivity contribution is -0.104. The highest BCUT2D eigenvalue weighted by Gasteiger charge is 2.47. The molecule has 2 heterocycles. The molecular formula is C15H24N2O5S. The summed E-state index contributed by atoms with van der Waals surface area (Å²) in [6.45, 7) is 3.39. The van der Waals surface area contributed by atoms with Crippen molar-refractivity contribution in [3.05, 3.63) is 32.6 Å². The number of aliphatic hydroxyl groups excluding tert-OH is 2. The van der Waals surface area contributed by atoms with Crippen LogP contribution < -0.4 is 11.2 Å². The molecule has 8 heteroatoms. The summed E-state index contributed by atoms with van der Waals surface area (Å²) < 4.78 is 7.22. The minimum atomic E-state index is -1.06. The van der Waals surface area contributed by atoms with Crippen LogP contribution in [0.3, 0.4) is 0 Å². The van der Waals surface area contributed by atoms with Gasteiger partial charge >= 0.3 is 5.69 Å². The van der Waals surface area contributed by atoms with Gasteiger partial charge in [0.15, 0.2) is 5.72 Å². The van der Waals surface area contributed by atoms with E-state index >= 15 is 0 Å². The Balaban J connectivity index is 2.36. The fourth-order valence-corrected chi connectivity index (χ4v) is 3.97. The number of aromatic amines is 1. The average molecular weight is 344 g/mol. The molecule has 1 aliphatic heterocycles. The third-order valence-electron chi connectivity index (χ3n) is 4.04. The second kappa shape index (κ2) is 7.65. The first kappa shape index (κ1) is 18.3. The molecule has 2 rings (SSSR count). The highest BCUT2D eigenvalue weighted by atomic mass is 32.2. The molecule has 130 valence electrons. The number of thioether (sulfide) groups is 1. The summed E-state index contributed by atoms with van der Waals surface area (Å²) in [5.74, 6) is 1.38. The van der Waals surface area contributed by atoms with Gasteiger partial charge in [-0.05, 0) is 19.1 Å². The third-order valence-corrected chi connectivity index (χ3v) is 5.27. The summed E-state index contributed by atoms with van der Waals surface area (Å²) in [4.78, 5) is 26.1. The largest absolute Gasteiger partial charge is 0.394 e. The molecule has 0 radical (unpaired) electrons. The van der Waals surface area contributed by atoms with Gasteiger partial charge in [-0.3, -0.25) is 14.3 Å². The second-order valence-electron chi connectivity index (χ2n) is 5.90. The first-order valence-electron chi connectivity index (χ1n) is 7.81. The number of aromatic nitrogens is 2. The maximum absolute atomic E-state index is 12.2. The minimum Gasteiger partial charge on any atom is -0.394 e. The predicted octanol–water partition coefficient (Wildman–Crippen LogP) is 0.173. The molecule has 0 saturated carbocycles. The SMILES string of the molecule is CCCCSC[C@]1(n2cc(C)c(=O)[nH]c2=O)C[C@H](O)[C@@H](CO)O1. The van der Waals surface area contributed by atoms with Crippen molar-refractivity contribution in [2.75, 3.05) is 18.1 Å². The van der Waals surface area contributed by atoms with E-state index in [4.69, 9.17) is 4.74 Å². The lowest BCUT2D eigenvalue weighted by Crippen LogP contribution is -2.46. The molecule has 0 unspecified atom stereocenters. The number of rotatable bonds is 7. The van der Waals surface area contributed by atoms with E-state index in [1.165, 1.54) is 10.8 Å². The molecule has 3 atom stereocenters. The topological polar surface area (TPSA) is 105 Å². The quantitative estimate of drug-likeness (QED) is 0.609. The summed E-state index contributed by atoms with van der Waals surface area (Å²) in [6, 6.07) is 0. The van der Waals surface area contributed by atoms with Crippen molar-refractivity contribution in [1.82, 2.24) is 9.55 Å². The van der Waals surface area contributed by atoms with Crippen LogP contribution in [0, 0.1) is 6.92 Å². The van der Waals surface area contributed by atoms with Gasteiger partial charge < -0.3 is 14.9 Å². The zero-order valence-corrected chi connectivity index (χ0v) is 14.3. The Bertz CT molecular complexity index is 643. The Morgan fingerprint density at radius 1 is 1.52 bits per heavy atom. The molecule has 1 fully saturated rings. The standard InChI is InChI=1S/C15H24N2O5S/c1-3-4-5-23-9-15(6-11(19)12(8-18)22-15)17-7-10(2)13(20)16-14(17)21/h7,11-12,18-19H,3-6,8-9H2,1-2H3,(H,16,20,21)/t11-,12+,15-/m0/s1. The van der Waals surface area contributed by atoms with Gasteiger partial charge in [-0.1, -0.05) is 13.3 Å². The van der Waals surface area contributed by atoms with Crippen LogP contribution in [-0.4, -0.2) is 50.1 Å². The number of unbranched alkanes of at least 4 members (excludes halogenated alkanes) is 1. The van der Waals surface area contributed by atoms with Gasteiger partial charge in [-0.25, -0.2) is 4.79 Å². The number of H-pyrrole nitrogens is 1. The molecule has 0 amide bonds. The molecule has 1 saturated heterocycles. The number of nitrogens with zero attached hydrogens (tertiary/aromatic N) is 1. The maximum atomic E-state index is 12.2. The van der Waals surface area contributed by atoms with Gasteiger partial charge in [-0.2, -0.15) is 11.8 Å². The number of aryl methyl sites for hydroxylation is 1. The van der Waals surface area contributed by atoms with Crippen LogP contribution >= 0.6 is 11.8 Å². The normalized spacial score (nSPS) is 27.5. The van der Waals surface area contributed by atoms with E-state index in [1.54, 1.807) is 18.7 Å². The van der Waals surface area contributed by atoms with Crippen molar-refractivity contribution >= 4 is 11.8 Å². The highest BCUT2D eigenvalue weighted by molar-refractivity contribution is 7.99.